The Bertz CT molecular complexity index is 784. The van der Waals surface area contributed by atoms with E-state index in [-0.39, 0.29) is 5.25 Å². The Morgan fingerprint density at radius 3 is 2.91 bits per heavy atom. The lowest BCUT2D eigenvalue weighted by Gasteiger charge is -2.03. The van der Waals surface area contributed by atoms with Crippen LogP contribution in [0.5, 0.6) is 0 Å². The van der Waals surface area contributed by atoms with Gasteiger partial charge in [0, 0.05) is 12.6 Å². The number of thioether (sulfide) groups is 1. The second-order valence-corrected chi connectivity index (χ2v) is 7.22. The predicted octanol–water partition coefficient (Wildman–Crippen LogP) is 4.05. The largest absolute Gasteiger partial charge is 0.424 e. The number of pyridine rings is 1. The molecule has 0 aliphatic rings. The maximum absolute atomic E-state index is 5.92. The first-order valence-electron chi connectivity index (χ1n) is 7.01. The van der Waals surface area contributed by atoms with Crippen LogP contribution in [-0.4, -0.2) is 25.1 Å². The number of nitrogens with zero attached hydrogens (tertiary/aromatic N) is 4. The number of aromatic amines is 1. The zero-order chi connectivity index (χ0) is 15.7. The van der Waals surface area contributed by atoms with Gasteiger partial charge in [0.1, 0.15) is 0 Å². The molecule has 0 saturated heterocycles. The number of nitrogens with one attached hydrogen (secondary N) is 1. The number of H-pyrrole nitrogens is 1. The van der Waals surface area contributed by atoms with Gasteiger partial charge in [-0.1, -0.05) is 37.2 Å². The van der Waals surface area contributed by atoms with Crippen molar-refractivity contribution in [2.45, 2.75) is 37.6 Å². The van der Waals surface area contributed by atoms with Gasteiger partial charge >= 0.3 is 0 Å². The monoisotopic (exact) mass is 337 g/mol. The first-order chi connectivity index (χ1) is 10.5. The van der Waals surface area contributed by atoms with Crippen LogP contribution in [0.15, 0.2) is 21.8 Å². The summed E-state index contributed by atoms with van der Waals surface area (Å²) in [5.41, 5.74) is 1.46. The van der Waals surface area contributed by atoms with Gasteiger partial charge in [-0.15, -0.1) is 10.2 Å². The number of hydrogen-bond donors (Lipinski definition) is 1. The van der Waals surface area contributed by atoms with E-state index in [0.29, 0.717) is 28.4 Å². The molecular weight excluding hydrogens is 322 g/mol. The van der Waals surface area contributed by atoms with Crippen LogP contribution >= 0.6 is 23.4 Å². The highest BCUT2D eigenvalue weighted by molar-refractivity contribution is 7.99. The minimum Gasteiger partial charge on any atom is -0.424 e. The number of halogens is 1. The fourth-order valence-electron chi connectivity index (χ4n) is 1.99. The number of rotatable bonds is 5. The molecule has 0 saturated carbocycles. The van der Waals surface area contributed by atoms with E-state index in [1.54, 1.807) is 12.3 Å². The van der Waals surface area contributed by atoms with Crippen LogP contribution in [0.3, 0.4) is 0 Å². The summed E-state index contributed by atoms with van der Waals surface area (Å²) in [6.45, 7) is 6.24. The molecule has 3 aromatic rings. The third-order valence-electron chi connectivity index (χ3n) is 2.98. The Balaban J connectivity index is 1.74. The first-order valence-corrected chi connectivity index (χ1v) is 8.27. The lowest BCUT2D eigenvalue weighted by Crippen LogP contribution is -1.93. The third-order valence-corrected chi connectivity index (χ3v) is 4.16. The molecular formula is C14H16ClN5OS. The van der Waals surface area contributed by atoms with Crippen LogP contribution in [0.1, 0.15) is 37.8 Å². The van der Waals surface area contributed by atoms with Crippen LogP contribution in [0, 0.1) is 5.92 Å². The molecule has 0 amide bonds. The average molecular weight is 338 g/mol. The van der Waals surface area contributed by atoms with Crippen molar-refractivity contribution >= 4 is 34.5 Å². The van der Waals surface area contributed by atoms with Gasteiger partial charge in [-0.05, 0) is 18.9 Å². The van der Waals surface area contributed by atoms with E-state index in [2.05, 4.69) is 39.0 Å². The van der Waals surface area contributed by atoms with Crippen molar-refractivity contribution in [3.05, 3.63) is 29.1 Å². The molecule has 6 nitrogen and oxygen atoms in total. The van der Waals surface area contributed by atoms with Gasteiger partial charge < -0.3 is 9.40 Å². The molecule has 3 aromatic heterocycles. The normalized spacial score (nSPS) is 13.1. The highest BCUT2D eigenvalue weighted by Gasteiger charge is 2.18. The molecule has 0 aliphatic heterocycles. The molecule has 8 heteroatoms. The minimum absolute atomic E-state index is 0.00412. The second-order valence-electron chi connectivity index (χ2n) is 5.46. The van der Waals surface area contributed by atoms with Crippen LogP contribution in [0.4, 0.5) is 0 Å². The van der Waals surface area contributed by atoms with E-state index in [9.17, 15) is 0 Å². The van der Waals surface area contributed by atoms with Gasteiger partial charge in [0.05, 0.1) is 15.8 Å². The Kier molecular flexibility index (Phi) is 4.35. The second kappa shape index (κ2) is 6.26. The van der Waals surface area contributed by atoms with Crippen LogP contribution in [-0.2, 0) is 6.42 Å². The van der Waals surface area contributed by atoms with Crippen molar-refractivity contribution in [3.8, 4) is 0 Å². The summed E-state index contributed by atoms with van der Waals surface area (Å²) in [7, 11) is 0. The van der Waals surface area contributed by atoms with Crippen molar-refractivity contribution in [1.82, 2.24) is 25.1 Å². The molecule has 0 bridgehead atoms. The summed E-state index contributed by atoms with van der Waals surface area (Å²) in [5, 5.41) is 9.53. The van der Waals surface area contributed by atoms with Crippen LogP contribution in [0.2, 0.25) is 5.02 Å². The molecule has 3 heterocycles. The number of imidazole rings is 1. The zero-order valence-corrected chi connectivity index (χ0v) is 14.1. The molecule has 0 fully saturated rings. The van der Waals surface area contributed by atoms with E-state index in [0.717, 1.165) is 17.1 Å². The van der Waals surface area contributed by atoms with E-state index >= 15 is 0 Å². The summed E-state index contributed by atoms with van der Waals surface area (Å²) in [6.07, 6.45) is 2.37. The molecule has 1 N–H and O–H groups in total. The highest BCUT2D eigenvalue weighted by Crippen LogP contribution is 2.33. The molecule has 0 spiro atoms. The van der Waals surface area contributed by atoms with Crippen LogP contribution < -0.4 is 0 Å². The maximum atomic E-state index is 5.92. The molecule has 3 rings (SSSR count). The SMILES string of the molecule is CC(C)Cc1nnc([C@H](C)Sc2nc3ncc(Cl)cc3[nH]2)o1. The van der Waals surface area contributed by atoms with E-state index in [1.807, 2.05) is 6.92 Å². The van der Waals surface area contributed by atoms with E-state index in [1.165, 1.54) is 11.8 Å². The molecule has 0 radical (unpaired) electrons. The van der Waals surface area contributed by atoms with E-state index < -0.39 is 0 Å². The fourth-order valence-corrected chi connectivity index (χ4v) is 2.99. The predicted molar refractivity (Wildman–Crippen MR) is 86.0 cm³/mol. The Labute approximate surface area is 137 Å². The minimum atomic E-state index is 0.00412. The highest BCUT2D eigenvalue weighted by atomic mass is 35.5. The molecule has 22 heavy (non-hydrogen) atoms. The third kappa shape index (κ3) is 3.41. The number of hydrogen-bond acceptors (Lipinski definition) is 6. The standard InChI is InChI=1S/C14H16ClN5OS/c1-7(2)4-11-19-20-13(21-11)8(3)22-14-17-10-5-9(15)6-16-12(10)18-14/h5-8H,4H2,1-3H3,(H,16,17,18)/t8-/m0/s1. The van der Waals surface area contributed by atoms with E-state index in [4.69, 9.17) is 16.0 Å². The van der Waals surface area contributed by atoms with Gasteiger partial charge in [-0.25, -0.2) is 9.97 Å². The number of fused-ring (bicyclic) bond motifs is 1. The quantitative estimate of drug-likeness (QED) is 0.707. The Hall–Kier alpha value is -1.60. The van der Waals surface area contributed by atoms with Gasteiger partial charge in [-0.3, -0.25) is 0 Å². The smallest absolute Gasteiger partial charge is 0.229 e. The van der Waals surface area contributed by atoms with Crippen molar-refractivity contribution in [3.63, 3.8) is 0 Å². The molecule has 0 aliphatic carbocycles. The molecule has 1 atom stereocenters. The summed E-state index contributed by atoms with van der Waals surface area (Å²) < 4.78 is 5.70. The average Bonchev–Trinajstić information content (AvgIpc) is 3.03. The van der Waals surface area contributed by atoms with Crippen molar-refractivity contribution in [2.24, 2.45) is 5.92 Å². The maximum Gasteiger partial charge on any atom is 0.229 e. The molecule has 0 unspecified atom stereocenters. The Morgan fingerprint density at radius 2 is 2.14 bits per heavy atom. The van der Waals surface area contributed by atoms with Gasteiger partial charge in [0.25, 0.3) is 0 Å². The number of aromatic nitrogens is 5. The topological polar surface area (TPSA) is 80.5 Å². The lowest BCUT2D eigenvalue weighted by molar-refractivity contribution is 0.426. The van der Waals surface area contributed by atoms with Gasteiger partial charge in [0.2, 0.25) is 11.8 Å². The molecule has 0 aromatic carbocycles. The first kappa shape index (κ1) is 15.3. The molecule has 116 valence electrons. The van der Waals surface area contributed by atoms with Gasteiger partial charge in [-0.2, -0.15) is 0 Å². The Morgan fingerprint density at radius 1 is 1.32 bits per heavy atom. The summed E-state index contributed by atoms with van der Waals surface area (Å²) in [6, 6.07) is 1.80. The van der Waals surface area contributed by atoms with Crippen molar-refractivity contribution in [1.29, 1.82) is 0 Å². The fraction of sp³-hybridized carbons (Fsp3) is 0.429. The lowest BCUT2D eigenvalue weighted by atomic mass is 10.1. The summed E-state index contributed by atoms with van der Waals surface area (Å²) in [5.74, 6) is 1.77. The summed E-state index contributed by atoms with van der Waals surface area (Å²) in [4.78, 5) is 11.8. The van der Waals surface area contributed by atoms with Crippen molar-refractivity contribution in [2.75, 3.05) is 0 Å². The van der Waals surface area contributed by atoms with Crippen LogP contribution in [0.25, 0.3) is 11.2 Å². The summed E-state index contributed by atoms with van der Waals surface area (Å²) >= 11 is 7.44. The van der Waals surface area contributed by atoms with Crippen molar-refractivity contribution < 1.29 is 4.42 Å². The zero-order valence-electron chi connectivity index (χ0n) is 12.5. The van der Waals surface area contributed by atoms with Gasteiger partial charge in [0.15, 0.2) is 10.8 Å².